The van der Waals surface area contributed by atoms with Gasteiger partial charge < -0.3 is 4.74 Å². The third-order valence-corrected chi connectivity index (χ3v) is 2.70. The van der Waals surface area contributed by atoms with E-state index in [0.29, 0.717) is 17.4 Å². The van der Waals surface area contributed by atoms with E-state index in [0.717, 1.165) is 10.0 Å². The van der Waals surface area contributed by atoms with E-state index in [4.69, 9.17) is 16.3 Å². The summed E-state index contributed by atoms with van der Waals surface area (Å²) in [6.45, 7) is 0.402. The first-order valence-electron chi connectivity index (χ1n) is 4.57. The molecular weight excluding hydrogens is 291 g/mol. The van der Waals surface area contributed by atoms with E-state index in [2.05, 4.69) is 25.9 Å². The van der Waals surface area contributed by atoms with Crippen LogP contribution in [-0.4, -0.2) is 9.97 Å². The Morgan fingerprint density at radius 3 is 2.88 bits per heavy atom. The molecule has 0 radical (unpaired) electrons. The molecule has 82 valence electrons. The number of ether oxygens (including phenoxy) is 1. The third kappa shape index (κ3) is 2.93. The normalized spacial score (nSPS) is 10.1. The van der Waals surface area contributed by atoms with Crippen molar-refractivity contribution in [3.63, 3.8) is 0 Å². The summed E-state index contributed by atoms with van der Waals surface area (Å²) in [6, 6.07) is 3.68. The fourth-order valence-electron chi connectivity index (χ4n) is 1.15. The fraction of sp³-hybridized carbons (Fsp3) is 0.0909. The van der Waals surface area contributed by atoms with Crippen molar-refractivity contribution in [1.82, 2.24) is 9.97 Å². The molecule has 0 aliphatic rings. The van der Waals surface area contributed by atoms with Gasteiger partial charge in [0.25, 0.3) is 0 Å². The summed E-state index contributed by atoms with van der Waals surface area (Å²) in [7, 11) is 0. The molecule has 0 unspecified atom stereocenters. The molecule has 2 aromatic rings. The summed E-state index contributed by atoms with van der Waals surface area (Å²) < 4.78 is 6.43. The smallest absolute Gasteiger partial charge is 0.139 e. The molecule has 2 aromatic heterocycles. The molecule has 0 aromatic carbocycles. The first-order chi connectivity index (χ1) is 7.75. The lowest BCUT2D eigenvalue weighted by atomic mass is 10.3. The van der Waals surface area contributed by atoms with Gasteiger partial charge in [0.05, 0.1) is 11.2 Å². The van der Waals surface area contributed by atoms with E-state index < -0.39 is 0 Å². The number of rotatable bonds is 3. The second-order valence-corrected chi connectivity index (χ2v) is 4.42. The second-order valence-electron chi connectivity index (χ2n) is 3.09. The Bertz CT molecular complexity index is 493. The van der Waals surface area contributed by atoms with Crippen molar-refractivity contribution in [3.05, 3.63) is 52.0 Å². The van der Waals surface area contributed by atoms with E-state index >= 15 is 0 Å². The zero-order valence-corrected chi connectivity index (χ0v) is 10.6. The Labute approximate surface area is 107 Å². The van der Waals surface area contributed by atoms with Gasteiger partial charge in [-0.2, -0.15) is 0 Å². The summed E-state index contributed by atoms with van der Waals surface area (Å²) in [6.07, 6.45) is 6.63. The summed E-state index contributed by atoms with van der Waals surface area (Å²) in [5, 5.41) is 0.602. The number of hydrogen-bond donors (Lipinski definition) is 0. The van der Waals surface area contributed by atoms with Gasteiger partial charge in [-0.05, 0) is 28.1 Å². The molecule has 0 saturated heterocycles. The minimum atomic E-state index is 0.402. The van der Waals surface area contributed by atoms with Crippen LogP contribution >= 0.6 is 27.5 Å². The highest BCUT2D eigenvalue weighted by Crippen LogP contribution is 2.19. The van der Waals surface area contributed by atoms with Crippen LogP contribution in [0, 0.1) is 0 Å². The highest BCUT2D eigenvalue weighted by atomic mass is 79.9. The molecule has 0 aliphatic heterocycles. The maximum Gasteiger partial charge on any atom is 0.139 e. The number of aromatic nitrogens is 2. The van der Waals surface area contributed by atoms with Crippen molar-refractivity contribution < 1.29 is 4.74 Å². The van der Waals surface area contributed by atoms with Crippen LogP contribution in [0.5, 0.6) is 5.75 Å². The van der Waals surface area contributed by atoms with Crippen molar-refractivity contribution in [2.24, 2.45) is 0 Å². The van der Waals surface area contributed by atoms with Crippen molar-refractivity contribution >= 4 is 27.5 Å². The van der Waals surface area contributed by atoms with Gasteiger partial charge in [-0.1, -0.05) is 11.6 Å². The molecule has 0 atom stereocenters. The van der Waals surface area contributed by atoms with Gasteiger partial charge in [-0.25, -0.2) is 0 Å². The van der Waals surface area contributed by atoms with Gasteiger partial charge in [0.2, 0.25) is 0 Å². The van der Waals surface area contributed by atoms with E-state index in [1.165, 1.54) is 0 Å². The molecular formula is C11H8BrClN2O. The minimum absolute atomic E-state index is 0.402. The van der Waals surface area contributed by atoms with Crippen molar-refractivity contribution in [2.75, 3.05) is 0 Å². The van der Waals surface area contributed by atoms with Crippen LogP contribution in [-0.2, 0) is 6.61 Å². The molecule has 2 rings (SSSR count). The van der Waals surface area contributed by atoms with Crippen LogP contribution in [0.25, 0.3) is 0 Å². The molecule has 0 fully saturated rings. The molecule has 0 saturated carbocycles. The molecule has 0 aliphatic carbocycles. The molecule has 0 N–H and O–H groups in total. The molecule has 2 heterocycles. The molecule has 16 heavy (non-hydrogen) atoms. The van der Waals surface area contributed by atoms with Gasteiger partial charge in [-0.15, -0.1) is 0 Å². The van der Waals surface area contributed by atoms with E-state index in [1.807, 2.05) is 12.1 Å². The lowest BCUT2D eigenvalue weighted by molar-refractivity contribution is 0.304. The van der Waals surface area contributed by atoms with E-state index in [1.54, 1.807) is 24.8 Å². The molecule has 5 heteroatoms. The Morgan fingerprint density at radius 2 is 2.12 bits per heavy atom. The number of halogens is 2. The standard InChI is InChI=1S/C11H8BrClN2O/c12-9-3-10(5-15-4-9)16-7-8-1-2-14-6-11(8)13/h1-6H,7H2. The van der Waals surface area contributed by atoms with Crippen LogP contribution in [0.4, 0.5) is 0 Å². The van der Waals surface area contributed by atoms with Gasteiger partial charge in [0, 0.05) is 28.6 Å². The average molecular weight is 300 g/mol. The number of nitrogens with zero attached hydrogens (tertiary/aromatic N) is 2. The van der Waals surface area contributed by atoms with Crippen LogP contribution < -0.4 is 4.74 Å². The van der Waals surface area contributed by atoms with E-state index in [-0.39, 0.29) is 0 Å². The van der Waals surface area contributed by atoms with Crippen molar-refractivity contribution in [3.8, 4) is 5.75 Å². The van der Waals surface area contributed by atoms with Gasteiger partial charge >= 0.3 is 0 Å². The number of pyridine rings is 2. The van der Waals surface area contributed by atoms with Crippen molar-refractivity contribution in [1.29, 1.82) is 0 Å². The summed E-state index contributed by atoms with van der Waals surface area (Å²) >= 11 is 9.28. The monoisotopic (exact) mass is 298 g/mol. The third-order valence-electron chi connectivity index (χ3n) is 1.93. The SMILES string of the molecule is Clc1cnccc1COc1cncc(Br)c1. The summed E-state index contributed by atoms with van der Waals surface area (Å²) in [5.74, 6) is 0.697. The Balaban J connectivity index is 2.05. The predicted octanol–water partition coefficient (Wildman–Crippen LogP) is 3.47. The first-order valence-corrected chi connectivity index (χ1v) is 5.74. The van der Waals surface area contributed by atoms with Crippen LogP contribution in [0.3, 0.4) is 0 Å². The fourth-order valence-corrected chi connectivity index (χ4v) is 1.67. The lowest BCUT2D eigenvalue weighted by Gasteiger charge is -2.06. The van der Waals surface area contributed by atoms with Crippen LogP contribution in [0.2, 0.25) is 5.02 Å². The quantitative estimate of drug-likeness (QED) is 0.870. The largest absolute Gasteiger partial charge is 0.487 e. The molecule has 0 amide bonds. The Morgan fingerprint density at radius 1 is 1.25 bits per heavy atom. The zero-order valence-electron chi connectivity index (χ0n) is 8.23. The maximum absolute atomic E-state index is 5.95. The predicted molar refractivity (Wildman–Crippen MR) is 65.5 cm³/mol. The first kappa shape index (κ1) is 11.4. The van der Waals surface area contributed by atoms with Crippen molar-refractivity contribution in [2.45, 2.75) is 6.61 Å². The zero-order chi connectivity index (χ0) is 11.4. The average Bonchev–Trinajstić information content (AvgIpc) is 2.28. The van der Waals surface area contributed by atoms with Gasteiger partial charge in [0.1, 0.15) is 12.4 Å². The Kier molecular flexibility index (Phi) is 3.74. The highest BCUT2D eigenvalue weighted by Gasteiger charge is 2.01. The van der Waals surface area contributed by atoms with Gasteiger partial charge in [0.15, 0.2) is 0 Å². The summed E-state index contributed by atoms with van der Waals surface area (Å²) in [5.41, 5.74) is 0.900. The second kappa shape index (κ2) is 5.27. The lowest BCUT2D eigenvalue weighted by Crippen LogP contribution is -1.96. The van der Waals surface area contributed by atoms with Crippen LogP contribution in [0.15, 0.2) is 41.4 Å². The molecule has 0 spiro atoms. The highest BCUT2D eigenvalue weighted by molar-refractivity contribution is 9.10. The molecule has 3 nitrogen and oxygen atoms in total. The maximum atomic E-state index is 5.95. The topological polar surface area (TPSA) is 35.0 Å². The summed E-state index contributed by atoms with van der Waals surface area (Å²) in [4.78, 5) is 7.91. The minimum Gasteiger partial charge on any atom is -0.487 e. The Hall–Kier alpha value is -1.13. The van der Waals surface area contributed by atoms with E-state index in [9.17, 15) is 0 Å². The van der Waals surface area contributed by atoms with Crippen LogP contribution in [0.1, 0.15) is 5.56 Å². The molecule has 0 bridgehead atoms. The number of hydrogen-bond acceptors (Lipinski definition) is 3. The van der Waals surface area contributed by atoms with Gasteiger partial charge in [-0.3, -0.25) is 9.97 Å².